The molecule has 0 N–H and O–H groups in total. The second-order valence-corrected chi connectivity index (χ2v) is 8.14. The maximum Gasteiger partial charge on any atom is 0.433 e. The van der Waals surface area contributed by atoms with Crippen molar-refractivity contribution in [3.8, 4) is 0 Å². The molecule has 150 valence electrons. The minimum atomic E-state index is -0.613. The molecule has 1 aliphatic carbocycles. The average molecular weight is 412 g/mol. The van der Waals surface area contributed by atoms with Crippen molar-refractivity contribution in [2.24, 2.45) is 11.0 Å². The van der Waals surface area contributed by atoms with Gasteiger partial charge in [-0.25, -0.2) is 4.98 Å². The first kappa shape index (κ1) is 19.3. The van der Waals surface area contributed by atoms with Crippen LogP contribution in [0.25, 0.3) is 10.2 Å². The van der Waals surface area contributed by atoms with Crippen molar-refractivity contribution in [3.05, 3.63) is 51.8 Å². The van der Waals surface area contributed by atoms with Gasteiger partial charge in [-0.05, 0) is 43.5 Å². The average Bonchev–Trinajstić information content (AvgIpc) is 3.35. The molecule has 1 amide bonds. The van der Waals surface area contributed by atoms with Crippen molar-refractivity contribution in [1.82, 2.24) is 4.98 Å². The quantitative estimate of drug-likeness (QED) is 0.331. The number of carbonyl (C=O) groups is 1. The first-order chi connectivity index (χ1) is 14.0. The molecule has 0 radical (unpaired) electrons. The summed E-state index contributed by atoms with van der Waals surface area (Å²) in [5.74, 6) is -0.361. The van der Waals surface area contributed by atoms with Crippen LogP contribution in [0.15, 0.2) is 39.9 Å². The molecule has 4 rings (SSSR count). The normalized spacial score (nSPS) is 15.2. The molecule has 0 unspecified atom stereocenters. The highest BCUT2D eigenvalue weighted by molar-refractivity contribution is 7.22. The van der Waals surface area contributed by atoms with Gasteiger partial charge in [-0.15, -0.1) is 0 Å². The van der Waals surface area contributed by atoms with Gasteiger partial charge in [-0.2, -0.15) is 10.1 Å². The van der Waals surface area contributed by atoms with Gasteiger partial charge in [0.15, 0.2) is 5.76 Å². The number of hydrogen-bond acceptors (Lipinski definition) is 7. The van der Waals surface area contributed by atoms with Crippen LogP contribution in [0.1, 0.15) is 43.4 Å². The number of hydrazone groups is 1. The zero-order valence-electron chi connectivity index (χ0n) is 15.9. The van der Waals surface area contributed by atoms with Crippen molar-refractivity contribution in [2.75, 3.05) is 5.01 Å². The zero-order chi connectivity index (χ0) is 20.4. The number of nitrogens with zero attached hydrogens (tertiary/aromatic N) is 4. The van der Waals surface area contributed by atoms with E-state index in [1.54, 1.807) is 0 Å². The Morgan fingerprint density at radius 1 is 1.31 bits per heavy atom. The molecule has 1 fully saturated rings. The first-order valence-electron chi connectivity index (χ1n) is 9.50. The number of hydrogen-bond donors (Lipinski definition) is 0. The molecule has 2 aromatic heterocycles. The molecule has 1 saturated carbocycles. The molecule has 0 atom stereocenters. The van der Waals surface area contributed by atoms with Crippen molar-refractivity contribution >= 4 is 44.7 Å². The highest BCUT2D eigenvalue weighted by atomic mass is 32.1. The molecular weight excluding hydrogens is 392 g/mol. The van der Waals surface area contributed by atoms with E-state index < -0.39 is 4.92 Å². The lowest BCUT2D eigenvalue weighted by Crippen LogP contribution is -2.33. The zero-order valence-corrected chi connectivity index (χ0v) is 16.7. The van der Waals surface area contributed by atoms with E-state index in [2.05, 4.69) is 10.1 Å². The summed E-state index contributed by atoms with van der Waals surface area (Å²) in [5, 5.41) is 16.9. The topological polar surface area (TPSA) is 102 Å². The Morgan fingerprint density at radius 2 is 2.10 bits per heavy atom. The number of carbonyl (C=O) groups excluding carboxylic acids is 1. The fourth-order valence-electron chi connectivity index (χ4n) is 3.46. The molecule has 2 heterocycles. The van der Waals surface area contributed by atoms with E-state index in [1.165, 1.54) is 34.7 Å². The SMILES string of the molecule is Cc1ccc2nc(N(N=Cc3ccc([N+](=O)[O-])o3)C(=O)C3CCCCC3)sc2c1. The summed E-state index contributed by atoms with van der Waals surface area (Å²) in [7, 11) is 0. The largest absolute Gasteiger partial charge is 0.433 e. The lowest BCUT2D eigenvalue weighted by Gasteiger charge is -2.24. The van der Waals surface area contributed by atoms with Gasteiger partial charge < -0.3 is 4.42 Å². The van der Waals surface area contributed by atoms with Crippen LogP contribution in [0.4, 0.5) is 11.0 Å². The van der Waals surface area contributed by atoms with Gasteiger partial charge in [0, 0.05) is 5.92 Å². The van der Waals surface area contributed by atoms with E-state index in [9.17, 15) is 14.9 Å². The van der Waals surface area contributed by atoms with Gasteiger partial charge in [0.1, 0.15) is 4.92 Å². The van der Waals surface area contributed by atoms with Gasteiger partial charge in [0.25, 0.3) is 5.91 Å². The third-order valence-electron chi connectivity index (χ3n) is 4.97. The second-order valence-electron chi connectivity index (χ2n) is 7.13. The predicted molar refractivity (Wildman–Crippen MR) is 111 cm³/mol. The molecule has 0 saturated heterocycles. The van der Waals surface area contributed by atoms with Crippen LogP contribution in [-0.2, 0) is 4.79 Å². The summed E-state index contributed by atoms with van der Waals surface area (Å²) in [6.45, 7) is 2.01. The van der Waals surface area contributed by atoms with E-state index in [0.29, 0.717) is 5.13 Å². The van der Waals surface area contributed by atoms with Gasteiger partial charge >= 0.3 is 5.88 Å². The fraction of sp³-hybridized carbons (Fsp3) is 0.350. The smallest absolute Gasteiger partial charge is 0.400 e. The first-order valence-corrected chi connectivity index (χ1v) is 10.3. The molecule has 0 spiro atoms. The highest BCUT2D eigenvalue weighted by Crippen LogP contribution is 2.33. The second kappa shape index (κ2) is 8.12. The minimum absolute atomic E-state index is 0.0967. The molecular formula is C20H20N4O4S. The third-order valence-corrected chi connectivity index (χ3v) is 5.96. The number of amides is 1. The van der Waals surface area contributed by atoms with Crippen LogP contribution in [0.2, 0.25) is 0 Å². The van der Waals surface area contributed by atoms with Crippen LogP contribution in [0.3, 0.4) is 0 Å². The Kier molecular flexibility index (Phi) is 5.39. The Hall–Kier alpha value is -3.07. The molecule has 0 aliphatic heterocycles. The Labute approximate surface area is 171 Å². The van der Waals surface area contributed by atoms with Crippen LogP contribution >= 0.6 is 11.3 Å². The van der Waals surface area contributed by atoms with Crippen molar-refractivity contribution in [1.29, 1.82) is 0 Å². The number of aromatic nitrogens is 1. The summed E-state index contributed by atoms with van der Waals surface area (Å²) in [4.78, 5) is 28.0. The van der Waals surface area contributed by atoms with E-state index >= 15 is 0 Å². The summed E-state index contributed by atoms with van der Waals surface area (Å²) in [5.41, 5.74) is 1.92. The molecule has 0 bridgehead atoms. The monoisotopic (exact) mass is 412 g/mol. The van der Waals surface area contributed by atoms with E-state index in [-0.39, 0.29) is 23.5 Å². The summed E-state index contributed by atoms with van der Waals surface area (Å²) >= 11 is 1.40. The van der Waals surface area contributed by atoms with Gasteiger partial charge in [0.2, 0.25) is 5.13 Å². The van der Waals surface area contributed by atoms with Crippen LogP contribution in [-0.4, -0.2) is 22.0 Å². The number of aryl methyl sites for hydroxylation is 1. The number of fused-ring (bicyclic) bond motifs is 1. The highest BCUT2D eigenvalue weighted by Gasteiger charge is 2.29. The number of anilines is 1. The number of thiazole rings is 1. The summed E-state index contributed by atoms with van der Waals surface area (Å²) in [6, 6.07) is 8.64. The van der Waals surface area contributed by atoms with E-state index in [0.717, 1.165) is 47.9 Å². The molecule has 29 heavy (non-hydrogen) atoms. The maximum atomic E-state index is 13.2. The minimum Gasteiger partial charge on any atom is -0.400 e. The third kappa shape index (κ3) is 4.19. The molecule has 1 aliphatic rings. The van der Waals surface area contributed by atoms with Crippen LogP contribution < -0.4 is 5.01 Å². The standard InChI is InChI=1S/C20H20N4O4S/c1-13-7-9-16-17(11-13)29-20(22-16)23(19(25)14-5-3-2-4-6-14)21-12-15-8-10-18(28-15)24(26)27/h7-12,14H,2-6H2,1H3. The molecule has 3 aromatic rings. The molecule has 9 heteroatoms. The Balaban J connectivity index is 1.68. The fourth-order valence-corrected chi connectivity index (χ4v) is 4.49. The van der Waals surface area contributed by atoms with E-state index in [1.807, 2.05) is 25.1 Å². The van der Waals surface area contributed by atoms with Gasteiger partial charge in [-0.3, -0.25) is 14.9 Å². The van der Waals surface area contributed by atoms with Crippen LogP contribution in [0, 0.1) is 23.0 Å². The number of nitro groups is 1. The van der Waals surface area contributed by atoms with Crippen LogP contribution in [0.5, 0.6) is 0 Å². The molecule has 8 nitrogen and oxygen atoms in total. The summed E-state index contributed by atoms with van der Waals surface area (Å²) in [6.07, 6.45) is 6.19. The number of benzene rings is 1. The Bertz CT molecular complexity index is 1080. The van der Waals surface area contributed by atoms with E-state index in [4.69, 9.17) is 4.42 Å². The van der Waals surface area contributed by atoms with Gasteiger partial charge in [0.05, 0.1) is 22.5 Å². The molecule has 1 aromatic carbocycles. The predicted octanol–water partition coefficient (Wildman–Crippen LogP) is 5.05. The summed E-state index contributed by atoms with van der Waals surface area (Å²) < 4.78 is 6.10. The van der Waals surface area contributed by atoms with Crippen molar-refractivity contribution < 1.29 is 14.1 Å². The Morgan fingerprint density at radius 3 is 2.83 bits per heavy atom. The number of furan rings is 1. The van der Waals surface area contributed by atoms with Gasteiger partial charge in [-0.1, -0.05) is 36.7 Å². The number of rotatable bonds is 5. The lowest BCUT2D eigenvalue weighted by molar-refractivity contribution is -0.402. The maximum absolute atomic E-state index is 13.2. The van der Waals surface area contributed by atoms with Crippen molar-refractivity contribution in [3.63, 3.8) is 0 Å². The van der Waals surface area contributed by atoms with Crippen molar-refractivity contribution in [2.45, 2.75) is 39.0 Å². The lowest BCUT2D eigenvalue weighted by atomic mass is 9.88.